The van der Waals surface area contributed by atoms with Crippen molar-refractivity contribution in [2.75, 3.05) is 7.11 Å². The van der Waals surface area contributed by atoms with Crippen molar-refractivity contribution in [1.29, 1.82) is 0 Å². The summed E-state index contributed by atoms with van der Waals surface area (Å²) in [6.07, 6.45) is -0.0137. The van der Waals surface area contributed by atoms with Crippen LogP contribution >= 0.6 is 23.2 Å². The van der Waals surface area contributed by atoms with E-state index in [0.29, 0.717) is 10.6 Å². The molecule has 0 aliphatic heterocycles. The first-order valence-corrected chi connectivity index (χ1v) is 5.97. The van der Waals surface area contributed by atoms with Crippen LogP contribution in [0, 0.1) is 0 Å². The molecule has 1 rings (SSSR count). The van der Waals surface area contributed by atoms with Crippen LogP contribution in [0.15, 0.2) is 12.1 Å². The molecule has 3 nitrogen and oxygen atoms in total. The Morgan fingerprint density at radius 2 is 2.00 bits per heavy atom. The van der Waals surface area contributed by atoms with Crippen LogP contribution in [0.4, 0.5) is 0 Å². The molecule has 0 aliphatic rings. The lowest BCUT2D eigenvalue weighted by molar-refractivity contribution is -0.118. The second kappa shape index (κ2) is 6.25. The number of methoxy groups -OCH3 is 1. The smallest absolute Gasteiger partial charge is 0.339 e. The quantitative estimate of drug-likeness (QED) is 0.631. The molecule has 0 aromatic heterocycles. The Morgan fingerprint density at radius 3 is 2.50 bits per heavy atom. The molecule has 18 heavy (non-hydrogen) atoms. The Balaban J connectivity index is 3.18. The van der Waals surface area contributed by atoms with Crippen LogP contribution in [0.25, 0.3) is 0 Å². The van der Waals surface area contributed by atoms with Crippen LogP contribution in [0.5, 0.6) is 0 Å². The second-order valence-corrected chi connectivity index (χ2v) is 4.60. The molecule has 6 heteroatoms. The Bertz CT molecular complexity index is 486. The van der Waals surface area contributed by atoms with Crippen molar-refractivity contribution >= 4 is 42.8 Å². The number of ketones is 1. The summed E-state index contributed by atoms with van der Waals surface area (Å²) in [4.78, 5) is 23.1. The van der Waals surface area contributed by atoms with E-state index in [0.717, 1.165) is 0 Å². The standard InChI is InChI=1S/C12H11BCl2O3/c1-6(13)10(16)5-8-9(14)4-3-7(11(8)15)12(17)18-2/h3-4,6H,5H2,1-2H3. The van der Waals surface area contributed by atoms with Crippen molar-refractivity contribution in [3.63, 3.8) is 0 Å². The lowest BCUT2D eigenvalue weighted by Gasteiger charge is -2.11. The number of benzene rings is 1. The zero-order valence-electron chi connectivity index (χ0n) is 10.00. The Hall–Kier alpha value is -0.995. The molecular weight excluding hydrogens is 274 g/mol. The molecule has 0 saturated carbocycles. The fourth-order valence-electron chi connectivity index (χ4n) is 1.36. The summed E-state index contributed by atoms with van der Waals surface area (Å²) in [5, 5.41) is 0.449. The molecule has 0 N–H and O–H groups in total. The van der Waals surface area contributed by atoms with Crippen LogP contribution in [-0.4, -0.2) is 26.7 Å². The van der Waals surface area contributed by atoms with Crippen LogP contribution < -0.4 is 0 Å². The highest BCUT2D eigenvalue weighted by Crippen LogP contribution is 2.30. The predicted octanol–water partition coefficient (Wildman–Crippen LogP) is 2.87. The maximum absolute atomic E-state index is 11.6. The number of Topliss-reactive ketones (excluding diaryl/α,β-unsaturated/α-hetero) is 1. The Labute approximate surface area is 117 Å². The highest BCUT2D eigenvalue weighted by molar-refractivity contribution is 6.38. The van der Waals surface area contributed by atoms with E-state index in [1.165, 1.54) is 19.2 Å². The van der Waals surface area contributed by atoms with Crippen LogP contribution in [0.3, 0.4) is 0 Å². The summed E-state index contributed by atoms with van der Waals surface area (Å²) < 4.78 is 4.59. The molecule has 1 aromatic carbocycles. The van der Waals surface area contributed by atoms with Crippen molar-refractivity contribution in [3.05, 3.63) is 33.3 Å². The largest absolute Gasteiger partial charge is 0.465 e. The van der Waals surface area contributed by atoms with Gasteiger partial charge in [0.05, 0.1) is 25.5 Å². The molecular formula is C12H11BCl2O3. The minimum atomic E-state index is -0.612. The van der Waals surface area contributed by atoms with Gasteiger partial charge in [0.25, 0.3) is 0 Å². The summed E-state index contributed by atoms with van der Waals surface area (Å²) in [6, 6.07) is 2.96. The molecule has 0 aliphatic carbocycles. The molecule has 0 fully saturated rings. The van der Waals surface area contributed by atoms with Gasteiger partial charge in [-0.15, -0.1) is 0 Å². The van der Waals surface area contributed by atoms with E-state index in [1.807, 2.05) is 0 Å². The van der Waals surface area contributed by atoms with Gasteiger partial charge in [-0.2, -0.15) is 0 Å². The van der Waals surface area contributed by atoms with Gasteiger partial charge in [0.15, 0.2) is 0 Å². The molecule has 94 valence electrons. The molecule has 0 saturated heterocycles. The zero-order valence-corrected chi connectivity index (χ0v) is 11.5. The van der Waals surface area contributed by atoms with Gasteiger partial charge in [-0.1, -0.05) is 30.1 Å². The number of rotatable bonds is 4. The van der Waals surface area contributed by atoms with Crippen molar-refractivity contribution in [1.82, 2.24) is 0 Å². The van der Waals surface area contributed by atoms with Gasteiger partial charge >= 0.3 is 5.97 Å². The fraction of sp³-hybridized carbons (Fsp3) is 0.333. The van der Waals surface area contributed by atoms with E-state index >= 15 is 0 Å². The third-order valence-corrected chi connectivity index (χ3v) is 3.24. The fourth-order valence-corrected chi connectivity index (χ4v) is 1.94. The number of ether oxygens (including phenoxy) is 1. The summed E-state index contributed by atoms with van der Waals surface area (Å²) >= 11 is 12.0. The number of hydrogen-bond acceptors (Lipinski definition) is 3. The van der Waals surface area contributed by atoms with E-state index in [4.69, 9.17) is 31.0 Å². The van der Waals surface area contributed by atoms with Crippen molar-refractivity contribution in [2.24, 2.45) is 0 Å². The molecule has 0 spiro atoms. The van der Waals surface area contributed by atoms with Gasteiger partial charge < -0.3 is 4.74 Å². The topological polar surface area (TPSA) is 43.4 Å². The minimum absolute atomic E-state index is 0.0137. The van der Waals surface area contributed by atoms with E-state index in [-0.39, 0.29) is 22.8 Å². The maximum Gasteiger partial charge on any atom is 0.339 e. The van der Waals surface area contributed by atoms with Gasteiger partial charge in [-0.25, -0.2) is 4.79 Å². The molecule has 2 radical (unpaired) electrons. The first-order valence-electron chi connectivity index (χ1n) is 5.22. The molecule has 1 aromatic rings. The summed E-state index contributed by atoms with van der Waals surface area (Å²) in [6.45, 7) is 1.58. The van der Waals surface area contributed by atoms with Gasteiger partial charge in [0.1, 0.15) is 5.78 Å². The second-order valence-electron chi connectivity index (χ2n) is 3.81. The highest BCUT2D eigenvalue weighted by atomic mass is 35.5. The summed E-state index contributed by atoms with van der Waals surface area (Å²) in [5.74, 6) is -1.40. The van der Waals surface area contributed by atoms with Crippen molar-refractivity contribution < 1.29 is 14.3 Å². The van der Waals surface area contributed by atoms with Crippen molar-refractivity contribution in [2.45, 2.75) is 19.2 Å². The number of carbonyl (C=O) groups is 2. The number of hydrogen-bond donors (Lipinski definition) is 0. The van der Waals surface area contributed by atoms with E-state index in [9.17, 15) is 9.59 Å². The number of esters is 1. The SMILES string of the molecule is [B]C(C)C(=O)Cc1c(Cl)ccc(C(=O)OC)c1Cl. The third-order valence-electron chi connectivity index (χ3n) is 2.45. The van der Waals surface area contributed by atoms with Gasteiger partial charge in [0.2, 0.25) is 0 Å². The van der Waals surface area contributed by atoms with Gasteiger partial charge in [-0.3, -0.25) is 4.79 Å². The average Bonchev–Trinajstić information content (AvgIpc) is 2.33. The molecule has 1 atom stereocenters. The molecule has 0 amide bonds. The maximum atomic E-state index is 11.6. The lowest BCUT2D eigenvalue weighted by atomic mass is 9.83. The first-order chi connectivity index (χ1) is 8.38. The minimum Gasteiger partial charge on any atom is -0.465 e. The van der Waals surface area contributed by atoms with E-state index in [2.05, 4.69) is 4.74 Å². The number of halogens is 2. The normalized spacial score (nSPS) is 12.0. The zero-order chi connectivity index (χ0) is 13.9. The van der Waals surface area contributed by atoms with Crippen LogP contribution in [-0.2, 0) is 16.0 Å². The Morgan fingerprint density at radius 1 is 1.39 bits per heavy atom. The average molecular weight is 285 g/mol. The van der Waals surface area contributed by atoms with Gasteiger partial charge in [0, 0.05) is 11.4 Å². The third kappa shape index (κ3) is 3.27. The van der Waals surface area contributed by atoms with E-state index in [1.54, 1.807) is 6.92 Å². The molecule has 1 unspecified atom stereocenters. The summed E-state index contributed by atoms with van der Waals surface area (Å²) in [5.41, 5.74) is 0.569. The summed E-state index contributed by atoms with van der Waals surface area (Å²) in [7, 11) is 6.73. The van der Waals surface area contributed by atoms with E-state index < -0.39 is 11.8 Å². The monoisotopic (exact) mass is 284 g/mol. The van der Waals surface area contributed by atoms with Crippen molar-refractivity contribution in [3.8, 4) is 0 Å². The Kier molecular flexibility index (Phi) is 5.23. The first kappa shape index (κ1) is 15.1. The van der Waals surface area contributed by atoms with Crippen LogP contribution in [0.2, 0.25) is 15.9 Å². The molecule has 0 bridgehead atoms. The number of carbonyl (C=O) groups excluding carboxylic acids is 2. The molecule has 0 heterocycles. The van der Waals surface area contributed by atoms with Gasteiger partial charge in [-0.05, 0) is 23.5 Å². The lowest BCUT2D eigenvalue weighted by Crippen LogP contribution is -2.11. The predicted molar refractivity (Wildman–Crippen MR) is 71.7 cm³/mol. The van der Waals surface area contributed by atoms with Crippen LogP contribution in [0.1, 0.15) is 22.8 Å². The highest BCUT2D eigenvalue weighted by Gasteiger charge is 2.19.